The summed E-state index contributed by atoms with van der Waals surface area (Å²) >= 11 is 0. The van der Waals surface area contributed by atoms with Crippen LogP contribution < -0.4 is 16.0 Å². The number of aromatic nitrogens is 4. The Hall–Kier alpha value is -3.94. The van der Waals surface area contributed by atoms with Crippen LogP contribution in [0.25, 0.3) is 22.0 Å². The number of H-pyrrole nitrogens is 1. The highest BCUT2D eigenvalue weighted by Crippen LogP contribution is 2.36. The molecule has 5 rings (SSSR count). The Kier molecular flexibility index (Phi) is 4.95. The number of nitrogens with zero attached hydrogens (tertiary/aromatic N) is 3. The van der Waals surface area contributed by atoms with Crippen molar-refractivity contribution in [3.63, 3.8) is 0 Å². The van der Waals surface area contributed by atoms with E-state index in [0.29, 0.717) is 12.1 Å². The Morgan fingerprint density at radius 2 is 1.94 bits per heavy atom. The number of amides is 1. The van der Waals surface area contributed by atoms with Gasteiger partial charge in [0.1, 0.15) is 11.9 Å². The SMILES string of the molecule is CCCCC(=O)Nc1cncc(-c2ccc3[nH]nc(C4Nc5ccncc5N4)c3c2)c1. The molecule has 8 heteroatoms. The molecule has 8 nitrogen and oxygen atoms in total. The van der Waals surface area contributed by atoms with E-state index < -0.39 is 0 Å². The molecular formula is C23H23N7O. The molecule has 0 aliphatic carbocycles. The van der Waals surface area contributed by atoms with Crippen molar-refractivity contribution in [2.45, 2.75) is 32.4 Å². The van der Waals surface area contributed by atoms with Gasteiger partial charge in [-0.1, -0.05) is 19.4 Å². The van der Waals surface area contributed by atoms with E-state index in [4.69, 9.17) is 0 Å². The Morgan fingerprint density at radius 1 is 1.03 bits per heavy atom. The zero-order chi connectivity index (χ0) is 21.2. The topological polar surface area (TPSA) is 108 Å². The molecule has 0 spiro atoms. The van der Waals surface area contributed by atoms with E-state index in [1.807, 2.05) is 24.3 Å². The van der Waals surface area contributed by atoms with Crippen molar-refractivity contribution in [2.75, 3.05) is 16.0 Å². The highest BCUT2D eigenvalue weighted by Gasteiger charge is 2.25. The number of pyridine rings is 2. The van der Waals surface area contributed by atoms with Gasteiger partial charge in [-0.3, -0.25) is 19.9 Å². The first-order chi connectivity index (χ1) is 15.2. The van der Waals surface area contributed by atoms with Crippen LogP contribution in [0.3, 0.4) is 0 Å². The van der Waals surface area contributed by atoms with Crippen LogP contribution in [0.1, 0.15) is 38.0 Å². The van der Waals surface area contributed by atoms with Gasteiger partial charge in [-0.05, 0) is 36.2 Å². The maximum absolute atomic E-state index is 12.1. The minimum absolute atomic E-state index is 0.0146. The summed E-state index contributed by atoms with van der Waals surface area (Å²) in [6.45, 7) is 2.07. The van der Waals surface area contributed by atoms with E-state index in [1.54, 1.807) is 24.8 Å². The van der Waals surface area contributed by atoms with Crippen LogP contribution in [-0.2, 0) is 4.79 Å². The van der Waals surface area contributed by atoms with Crippen molar-refractivity contribution in [3.8, 4) is 11.1 Å². The molecule has 31 heavy (non-hydrogen) atoms. The highest BCUT2D eigenvalue weighted by atomic mass is 16.1. The van der Waals surface area contributed by atoms with E-state index in [0.717, 1.165) is 51.9 Å². The standard InChI is InChI=1S/C23H23N7O/c1-2-3-4-21(31)26-16-9-15(11-25-12-16)14-5-6-18-17(10-14)22(30-29-18)23-27-19-7-8-24-13-20(19)28-23/h5-13,23,27-28H,2-4H2,1H3,(H,26,31)(H,29,30). The zero-order valence-corrected chi connectivity index (χ0v) is 17.1. The second-order valence-electron chi connectivity index (χ2n) is 7.63. The average molecular weight is 413 g/mol. The third kappa shape index (κ3) is 3.79. The summed E-state index contributed by atoms with van der Waals surface area (Å²) in [6.07, 6.45) is 9.28. The molecule has 0 saturated heterocycles. The fraction of sp³-hybridized carbons (Fsp3) is 0.217. The minimum atomic E-state index is -0.148. The maximum atomic E-state index is 12.1. The van der Waals surface area contributed by atoms with Crippen LogP contribution in [0.5, 0.6) is 0 Å². The van der Waals surface area contributed by atoms with Gasteiger partial charge < -0.3 is 16.0 Å². The van der Waals surface area contributed by atoms with Gasteiger partial charge >= 0.3 is 0 Å². The molecule has 4 aromatic rings. The second-order valence-corrected chi connectivity index (χ2v) is 7.63. The number of hydrogen-bond acceptors (Lipinski definition) is 6. The van der Waals surface area contributed by atoms with E-state index in [2.05, 4.69) is 49.1 Å². The fourth-order valence-corrected chi connectivity index (χ4v) is 3.78. The van der Waals surface area contributed by atoms with Crippen LogP contribution >= 0.6 is 0 Å². The molecule has 1 unspecified atom stereocenters. The lowest BCUT2D eigenvalue weighted by Gasteiger charge is -2.11. The summed E-state index contributed by atoms with van der Waals surface area (Å²) < 4.78 is 0. The van der Waals surface area contributed by atoms with Gasteiger partial charge in [0.2, 0.25) is 5.91 Å². The van der Waals surface area contributed by atoms with Crippen molar-refractivity contribution in [1.29, 1.82) is 0 Å². The van der Waals surface area contributed by atoms with E-state index in [9.17, 15) is 4.79 Å². The van der Waals surface area contributed by atoms with Crippen LogP contribution in [0.4, 0.5) is 17.1 Å². The number of carbonyl (C=O) groups is 1. The molecule has 1 aliphatic heterocycles. The zero-order valence-electron chi connectivity index (χ0n) is 17.1. The lowest BCUT2D eigenvalue weighted by molar-refractivity contribution is -0.116. The molecule has 1 atom stereocenters. The van der Waals surface area contributed by atoms with Crippen molar-refractivity contribution in [2.24, 2.45) is 0 Å². The number of fused-ring (bicyclic) bond motifs is 2. The van der Waals surface area contributed by atoms with Crippen LogP contribution in [0, 0.1) is 0 Å². The van der Waals surface area contributed by atoms with Crippen LogP contribution in [0.2, 0.25) is 0 Å². The highest BCUT2D eigenvalue weighted by molar-refractivity contribution is 5.92. The number of hydrogen-bond donors (Lipinski definition) is 4. The van der Waals surface area contributed by atoms with Gasteiger partial charge in [0.15, 0.2) is 0 Å². The molecular weight excluding hydrogens is 390 g/mol. The minimum Gasteiger partial charge on any atom is -0.359 e. The quantitative estimate of drug-likeness (QED) is 0.365. The third-order valence-electron chi connectivity index (χ3n) is 5.40. The van der Waals surface area contributed by atoms with Gasteiger partial charge in [-0.15, -0.1) is 0 Å². The molecule has 3 aromatic heterocycles. The Labute approximate surface area is 179 Å². The molecule has 0 bridgehead atoms. The average Bonchev–Trinajstić information content (AvgIpc) is 3.41. The second kappa shape index (κ2) is 8.06. The summed E-state index contributed by atoms with van der Waals surface area (Å²) in [4.78, 5) is 20.6. The summed E-state index contributed by atoms with van der Waals surface area (Å²) in [6, 6.07) is 10.0. The third-order valence-corrected chi connectivity index (χ3v) is 5.40. The number of unbranched alkanes of at least 4 members (excludes halogenated alkanes) is 1. The first-order valence-corrected chi connectivity index (χ1v) is 10.4. The number of anilines is 3. The van der Waals surface area contributed by atoms with Crippen molar-refractivity contribution >= 4 is 33.9 Å². The van der Waals surface area contributed by atoms with Gasteiger partial charge in [-0.2, -0.15) is 5.10 Å². The van der Waals surface area contributed by atoms with Crippen LogP contribution in [-0.4, -0.2) is 26.1 Å². The van der Waals surface area contributed by atoms with Crippen molar-refractivity contribution in [1.82, 2.24) is 20.2 Å². The molecule has 0 fully saturated rings. The molecule has 156 valence electrons. The van der Waals surface area contributed by atoms with E-state index in [-0.39, 0.29) is 12.1 Å². The number of aromatic amines is 1. The summed E-state index contributed by atoms with van der Waals surface area (Å²) in [7, 11) is 0. The summed E-state index contributed by atoms with van der Waals surface area (Å²) in [5.41, 5.74) is 6.43. The van der Waals surface area contributed by atoms with Gasteiger partial charge in [-0.25, -0.2) is 0 Å². The Bertz CT molecular complexity index is 1220. The molecule has 1 aromatic carbocycles. The summed E-state index contributed by atoms with van der Waals surface area (Å²) in [5.74, 6) is 0.0146. The normalized spacial score (nSPS) is 14.7. The Morgan fingerprint density at radius 3 is 2.81 bits per heavy atom. The fourth-order valence-electron chi connectivity index (χ4n) is 3.78. The molecule has 4 heterocycles. The van der Waals surface area contributed by atoms with E-state index in [1.165, 1.54) is 0 Å². The van der Waals surface area contributed by atoms with E-state index >= 15 is 0 Å². The molecule has 1 aliphatic rings. The number of carbonyl (C=O) groups excluding carboxylic acids is 1. The largest absolute Gasteiger partial charge is 0.359 e. The Balaban J connectivity index is 1.42. The first-order valence-electron chi connectivity index (χ1n) is 10.4. The number of nitrogens with one attached hydrogen (secondary N) is 4. The molecule has 4 N–H and O–H groups in total. The monoisotopic (exact) mass is 413 g/mol. The lowest BCUT2D eigenvalue weighted by Crippen LogP contribution is -2.13. The molecule has 0 radical (unpaired) electrons. The van der Waals surface area contributed by atoms with Gasteiger partial charge in [0.25, 0.3) is 0 Å². The predicted molar refractivity (Wildman–Crippen MR) is 122 cm³/mol. The van der Waals surface area contributed by atoms with Crippen molar-refractivity contribution < 1.29 is 4.79 Å². The van der Waals surface area contributed by atoms with Gasteiger partial charge in [0, 0.05) is 29.8 Å². The summed E-state index contributed by atoms with van der Waals surface area (Å²) in [5, 5.41) is 18.5. The predicted octanol–water partition coefficient (Wildman–Crippen LogP) is 4.68. The van der Waals surface area contributed by atoms with Gasteiger partial charge in [0.05, 0.1) is 35.0 Å². The smallest absolute Gasteiger partial charge is 0.224 e. The molecule has 0 saturated carbocycles. The maximum Gasteiger partial charge on any atom is 0.224 e. The number of rotatable bonds is 6. The van der Waals surface area contributed by atoms with Crippen molar-refractivity contribution in [3.05, 3.63) is 60.8 Å². The molecule has 1 amide bonds. The first kappa shape index (κ1) is 19.0. The van der Waals surface area contributed by atoms with Crippen LogP contribution in [0.15, 0.2) is 55.1 Å². The lowest BCUT2D eigenvalue weighted by atomic mass is 10.0. The number of benzene rings is 1.